The summed E-state index contributed by atoms with van der Waals surface area (Å²) in [4.78, 5) is 44.9. The predicted octanol–water partition coefficient (Wildman–Crippen LogP) is 5.06. The minimum absolute atomic E-state index is 0.141. The molecule has 10 nitrogen and oxygen atoms in total. The summed E-state index contributed by atoms with van der Waals surface area (Å²) < 4.78 is 20.6. The number of carbonyl (C=O) groups excluding carboxylic acids is 1. The third-order valence-electron chi connectivity index (χ3n) is 8.23. The first-order chi connectivity index (χ1) is 23.2. The zero-order chi connectivity index (χ0) is 34.1. The number of ether oxygens (including phenoxy) is 3. The van der Waals surface area contributed by atoms with Gasteiger partial charge in [0, 0.05) is 22.6 Å². The molecule has 0 spiro atoms. The van der Waals surface area contributed by atoms with Crippen LogP contribution in [-0.2, 0) is 9.53 Å². The lowest BCUT2D eigenvalue weighted by molar-refractivity contribution is -0.138. The number of aromatic carboxylic acids is 1. The summed E-state index contributed by atoms with van der Waals surface area (Å²) in [7, 11) is 3.07. The van der Waals surface area contributed by atoms with Crippen LogP contribution in [0.15, 0.2) is 94.2 Å². The van der Waals surface area contributed by atoms with E-state index in [1.165, 1.54) is 18.4 Å². The van der Waals surface area contributed by atoms with Crippen molar-refractivity contribution in [2.45, 2.75) is 26.8 Å². The van der Waals surface area contributed by atoms with Crippen LogP contribution in [-0.4, -0.2) is 47.0 Å². The maximum atomic E-state index is 14.4. The standard InChI is InChI=1S/C37H33N3O7S/c1-6-47-36(44)31-32(23-10-8-7-9-11-23)38-37-40(33(31)25-14-17-28(45-4)29(19-25)46-5)34(41)30(48-37)20-26-18-21(2)39(22(26)3)27-15-12-24(13-16-27)35(42)43/h7-20,33H,6H2,1-5H3,(H,42,43)/b30-20+/t33-/m0/s1. The molecular weight excluding hydrogens is 630 g/mol. The number of carboxylic acids is 1. The van der Waals surface area contributed by atoms with Crippen LogP contribution in [0, 0.1) is 13.8 Å². The molecule has 0 unspecified atom stereocenters. The van der Waals surface area contributed by atoms with Crippen LogP contribution in [0.2, 0.25) is 0 Å². The van der Waals surface area contributed by atoms with E-state index in [1.807, 2.05) is 60.9 Å². The number of nitrogens with zero attached hydrogens (tertiary/aromatic N) is 3. The van der Waals surface area contributed by atoms with Crippen molar-refractivity contribution in [3.63, 3.8) is 0 Å². The van der Waals surface area contributed by atoms with Gasteiger partial charge >= 0.3 is 11.9 Å². The fourth-order valence-corrected chi connectivity index (χ4v) is 7.00. The highest BCUT2D eigenvalue weighted by Gasteiger charge is 2.35. The summed E-state index contributed by atoms with van der Waals surface area (Å²) in [5.41, 5.74) is 5.26. The molecule has 3 heterocycles. The molecule has 5 aromatic rings. The number of hydrogen-bond donors (Lipinski definition) is 1. The molecule has 11 heteroatoms. The van der Waals surface area contributed by atoms with Gasteiger partial charge in [0.05, 0.1) is 48.2 Å². The van der Waals surface area contributed by atoms with E-state index in [2.05, 4.69) is 0 Å². The van der Waals surface area contributed by atoms with Gasteiger partial charge in [-0.3, -0.25) is 9.36 Å². The Morgan fingerprint density at radius 3 is 2.31 bits per heavy atom. The molecule has 3 aromatic carbocycles. The number of rotatable bonds is 9. The number of esters is 1. The van der Waals surface area contributed by atoms with E-state index in [-0.39, 0.29) is 23.3 Å². The van der Waals surface area contributed by atoms with E-state index in [4.69, 9.17) is 19.2 Å². The van der Waals surface area contributed by atoms with Gasteiger partial charge in [0.2, 0.25) is 0 Å². The third-order valence-corrected chi connectivity index (χ3v) is 9.21. The highest BCUT2D eigenvalue weighted by atomic mass is 32.1. The van der Waals surface area contributed by atoms with Gasteiger partial charge in [0.1, 0.15) is 0 Å². The van der Waals surface area contributed by atoms with E-state index < -0.39 is 18.0 Å². The van der Waals surface area contributed by atoms with Crippen molar-refractivity contribution in [1.29, 1.82) is 0 Å². The molecular formula is C37H33N3O7S. The number of fused-ring (bicyclic) bond motifs is 1. The van der Waals surface area contributed by atoms with Crippen LogP contribution in [0.1, 0.15) is 51.4 Å². The van der Waals surface area contributed by atoms with Gasteiger partial charge < -0.3 is 23.9 Å². The fourth-order valence-electron chi connectivity index (χ4n) is 6.00. The quantitative estimate of drug-likeness (QED) is 0.219. The average Bonchev–Trinajstić information content (AvgIpc) is 3.56. The van der Waals surface area contributed by atoms with Crippen LogP contribution in [0.25, 0.3) is 17.5 Å². The van der Waals surface area contributed by atoms with Gasteiger partial charge in [-0.05, 0) is 80.4 Å². The minimum Gasteiger partial charge on any atom is -0.493 e. The molecule has 0 fully saturated rings. The lowest BCUT2D eigenvalue weighted by Crippen LogP contribution is -2.40. The number of aryl methyl sites for hydroxylation is 1. The van der Waals surface area contributed by atoms with Gasteiger partial charge in [0.25, 0.3) is 5.56 Å². The molecule has 1 atom stereocenters. The number of carboxylic acid groups (broad SMARTS) is 1. The smallest absolute Gasteiger partial charge is 0.338 e. The number of thiazole rings is 1. The summed E-state index contributed by atoms with van der Waals surface area (Å²) >= 11 is 1.23. The van der Waals surface area contributed by atoms with Gasteiger partial charge in [0.15, 0.2) is 16.3 Å². The van der Waals surface area contributed by atoms with Crippen molar-refractivity contribution in [3.05, 3.63) is 138 Å². The van der Waals surface area contributed by atoms with Gasteiger partial charge in [-0.25, -0.2) is 14.6 Å². The van der Waals surface area contributed by atoms with E-state index in [0.717, 1.165) is 22.6 Å². The highest BCUT2D eigenvalue weighted by molar-refractivity contribution is 7.07. The molecule has 1 aliphatic heterocycles. The second-order valence-corrected chi connectivity index (χ2v) is 12.1. The van der Waals surface area contributed by atoms with Crippen molar-refractivity contribution >= 4 is 35.0 Å². The minimum atomic E-state index is -0.994. The molecule has 0 saturated carbocycles. The predicted molar refractivity (Wildman–Crippen MR) is 183 cm³/mol. The molecule has 0 radical (unpaired) electrons. The molecule has 1 N–H and O–H groups in total. The summed E-state index contributed by atoms with van der Waals surface area (Å²) in [6.07, 6.45) is 1.83. The Bertz CT molecular complexity index is 2260. The van der Waals surface area contributed by atoms with Crippen molar-refractivity contribution in [2.75, 3.05) is 20.8 Å². The van der Waals surface area contributed by atoms with Crippen LogP contribution < -0.4 is 24.4 Å². The van der Waals surface area contributed by atoms with Crippen LogP contribution in [0.5, 0.6) is 11.5 Å². The molecule has 2 aromatic heterocycles. The van der Waals surface area contributed by atoms with Crippen molar-refractivity contribution in [2.24, 2.45) is 4.99 Å². The lowest BCUT2D eigenvalue weighted by Gasteiger charge is -2.26. The van der Waals surface area contributed by atoms with Crippen molar-refractivity contribution in [1.82, 2.24) is 9.13 Å². The zero-order valence-corrected chi connectivity index (χ0v) is 27.8. The van der Waals surface area contributed by atoms with E-state index >= 15 is 0 Å². The third kappa shape index (κ3) is 5.73. The molecule has 0 saturated heterocycles. The van der Waals surface area contributed by atoms with Crippen LogP contribution in [0.4, 0.5) is 0 Å². The number of benzene rings is 3. The Labute approximate surface area is 280 Å². The number of methoxy groups -OCH3 is 2. The fraction of sp³-hybridized carbons (Fsp3) is 0.189. The first kappa shape index (κ1) is 32.3. The molecule has 6 rings (SSSR count). The van der Waals surface area contributed by atoms with Crippen molar-refractivity contribution in [3.8, 4) is 17.2 Å². The van der Waals surface area contributed by atoms with E-state index in [0.29, 0.717) is 37.7 Å². The van der Waals surface area contributed by atoms with Crippen LogP contribution in [0.3, 0.4) is 0 Å². The van der Waals surface area contributed by atoms with Gasteiger partial charge in [-0.2, -0.15) is 0 Å². The Morgan fingerprint density at radius 2 is 1.67 bits per heavy atom. The summed E-state index contributed by atoms with van der Waals surface area (Å²) in [6.45, 7) is 5.77. The molecule has 0 aliphatic carbocycles. The number of aromatic nitrogens is 2. The Balaban J connectivity index is 1.59. The maximum Gasteiger partial charge on any atom is 0.338 e. The first-order valence-corrected chi connectivity index (χ1v) is 16.0. The molecule has 244 valence electrons. The largest absolute Gasteiger partial charge is 0.493 e. The Kier molecular flexibility index (Phi) is 8.88. The lowest BCUT2D eigenvalue weighted by atomic mass is 9.93. The summed E-state index contributed by atoms with van der Waals surface area (Å²) in [5.74, 6) is -0.618. The monoisotopic (exact) mass is 663 g/mol. The van der Waals surface area contributed by atoms with Gasteiger partial charge in [-0.1, -0.05) is 47.7 Å². The first-order valence-electron chi connectivity index (χ1n) is 15.2. The zero-order valence-electron chi connectivity index (χ0n) is 27.0. The van der Waals surface area contributed by atoms with Gasteiger partial charge in [-0.15, -0.1) is 0 Å². The SMILES string of the molecule is CCOC(=O)C1=C(c2ccccc2)N=c2s/c(=C/c3cc(C)n(-c4ccc(C(=O)O)cc4)c3C)c(=O)n2[C@H]1c1ccc(OC)c(OC)c1. The Hall–Kier alpha value is -5.68. The molecule has 1 aliphatic rings. The maximum absolute atomic E-state index is 14.4. The topological polar surface area (TPSA) is 121 Å². The van der Waals surface area contributed by atoms with Crippen LogP contribution >= 0.6 is 11.3 Å². The summed E-state index contributed by atoms with van der Waals surface area (Å²) in [6, 6.07) is 22.4. The molecule has 48 heavy (non-hydrogen) atoms. The van der Waals surface area contributed by atoms with E-state index in [1.54, 1.807) is 61.1 Å². The normalized spacial score (nSPS) is 14.4. The van der Waals surface area contributed by atoms with Crippen molar-refractivity contribution < 1.29 is 28.9 Å². The Morgan fingerprint density at radius 1 is 0.958 bits per heavy atom. The molecule has 0 bridgehead atoms. The average molecular weight is 664 g/mol. The summed E-state index contributed by atoms with van der Waals surface area (Å²) in [5, 5.41) is 9.32. The molecule has 0 amide bonds. The number of hydrogen-bond acceptors (Lipinski definition) is 8. The highest BCUT2D eigenvalue weighted by Crippen LogP contribution is 2.38. The second kappa shape index (κ2) is 13.2. The van der Waals surface area contributed by atoms with E-state index in [9.17, 15) is 19.5 Å². The number of carbonyl (C=O) groups is 2. The second-order valence-electron chi connectivity index (χ2n) is 11.1.